The lowest BCUT2D eigenvalue weighted by Gasteiger charge is -2.30. The second kappa shape index (κ2) is 3.97. The van der Waals surface area contributed by atoms with Crippen molar-refractivity contribution in [2.45, 2.75) is 38.2 Å². The van der Waals surface area contributed by atoms with Gasteiger partial charge in [-0.25, -0.2) is 0 Å². The predicted molar refractivity (Wildman–Crippen MR) is 73.1 cm³/mol. The SMILES string of the molecule is CN1C(=O)[C@@](C)(CC(C)(C)O)c2cc(Cl)ccc21. The maximum absolute atomic E-state index is 12.4. The van der Waals surface area contributed by atoms with Gasteiger partial charge in [-0.15, -0.1) is 0 Å². The number of halogens is 1. The maximum Gasteiger partial charge on any atom is 0.237 e. The standard InChI is InChI=1S/C14H18ClNO2/c1-13(2,18)8-14(3)10-7-9(15)5-6-11(10)16(4)12(14)17/h5-7,18H,8H2,1-4H3/t14-/m0/s1. The van der Waals surface area contributed by atoms with Crippen molar-refractivity contribution in [3.05, 3.63) is 28.8 Å². The molecule has 1 N–H and O–H groups in total. The second-order valence-corrected chi connectivity index (χ2v) is 6.28. The molecule has 3 nitrogen and oxygen atoms in total. The molecule has 0 spiro atoms. The molecule has 1 atom stereocenters. The molecular formula is C14H18ClNO2. The number of amides is 1. The number of benzene rings is 1. The van der Waals surface area contributed by atoms with Crippen LogP contribution < -0.4 is 4.90 Å². The summed E-state index contributed by atoms with van der Waals surface area (Å²) in [5.74, 6) is 0.00175. The molecule has 0 unspecified atom stereocenters. The minimum absolute atomic E-state index is 0.00175. The number of nitrogens with zero attached hydrogens (tertiary/aromatic N) is 1. The van der Waals surface area contributed by atoms with E-state index in [2.05, 4.69) is 0 Å². The molecule has 0 fully saturated rings. The van der Waals surface area contributed by atoms with Crippen LogP contribution in [-0.4, -0.2) is 23.7 Å². The highest BCUT2D eigenvalue weighted by molar-refractivity contribution is 6.31. The summed E-state index contributed by atoms with van der Waals surface area (Å²) < 4.78 is 0. The first-order valence-corrected chi connectivity index (χ1v) is 6.33. The Bertz CT molecular complexity index is 507. The summed E-state index contributed by atoms with van der Waals surface area (Å²) in [6, 6.07) is 5.45. The first-order valence-electron chi connectivity index (χ1n) is 5.96. The van der Waals surface area contributed by atoms with E-state index in [1.54, 1.807) is 31.9 Å². The van der Waals surface area contributed by atoms with E-state index in [-0.39, 0.29) is 5.91 Å². The Morgan fingerprint density at radius 3 is 2.61 bits per heavy atom. The Morgan fingerprint density at radius 2 is 2.06 bits per heavy atom. The highest BCUT2D eigenvalue weighted by atomic mass is 35.5. The van der Waals surface area contributed by atoms with Crippen LogP contribution in [0.25, 0.3) is 0 Å². The summed E-state index contributed by atoms with van der Waals surface area (Å²) in [5.41, 5.74) is 0.142. The molecule has 1 aromatic rings. The number of rotatable bonds is 2. The van der Waals surface area contributed by atoms with Gasteiger partial charge in [0.1, 0.15) is 0 Å². The van der Waals surface area contributed by atoms with Crippen molar-refractivity contribution in [3.8, 4) is 0 Å². The van der Waals surface area contributed by atoms with Crippen LogP contribution in [-0.2, 0) is 10.2 Å². The fourth-order valence-electron chi connectivity index (χ4n) is 2.87. The van der Waals surface area contributed by atoms with Gasteiger partial charge in [0.05, 0.1) is 11.0 Å². The number of fused-ring (bicyclic) bond motifs is 1. The lowest BCUT2D eigenvalue weighted by Crippen LogP contribution is -2.41. The van der Waals surface area contributed by atoms with E-state index in [0.29, 0.717) is 11.4 Å². The molecule has 0 saturated heterocycles. The van der Waals surface area contributed by atoms with Crippen LogP contribution in [0.3, 0.4) is 0 Å². The molecule has 0 bridgehead atoms. The number of anilines is 1. The molecule has 0 aromatic heterocycles. The molecular weight excluding hydrogens is 250 g/mol. The summed E-state index contributed by atoms with van der Waals surface area (Å²) >= 11 is 6.02. The maximum atomic E-state index is 12.4. The number of aliphatic hydroxyl groups is 1. The fourth-order valence-corrected chi connectivity index (χ4v) is 3.05. The van der Waals surface area contributed by atoms with Crippen molar-refractivity contribution in [2.75, 3.05) is 11.9 Å². The first kappa shape index (κ1) is 13.4. The fraction of sp³-hybridized carbons (Fsp3) is 0.500. The van der Waals surface area contributed by atoms with Crippen LogP contribution in [0.2, 0.25) is 5.02 Å². The van der Waals surface area contributed by atoms with Gasteiger partial charge in [-0.1, -0.05) is 11.6 Å². The number of hydrogen-bond donors (Lipinski definition) is 1. The molecule has 1 amide bonds. The van der Waals surface area contributed by atoms with Crippen molar-refractivity contribution in [3.63, 3.8) is 0 Å². The van der Waals surface area contributed by atoms with E-state index < -0.39 is 11.0 Å². The van der Waals surface area contributed by atoms with Crippen LogP contribution in [0.5, 0.6) is 0 Å². The average Bonchev–Trinajstić information content (AvgIpc) is 2.39. The van der Waals surface area contributed by atoms with Crippen LogP contribution >= 0.6 is 11.6 Å². The zero-order valence-electron chi connectivity index (χ0n) is 11.1. The molecule has 2 rings (SSSR count). The molecule has 4 heteroatoms. The molecule has 18 heavy (non-hydrogen) atoms. The van der Waals surface area contributed by atoms with Crippen molar-refractivity contribution in [1.29, 1.82) is 0 Å². The summed E-state index contributed by atoms with van der Waals surface area (Å²) in [4.78, 5) is 14.1. The first-order chi connectivity index (χ1) is 8.15. The quantitative estimate of drug-likeness (QED) is 0.895. The van der Waals surface area contributed by atoms with Gasteiger partial charge in [-0.3, -0.25) is 4.79 Å². The lowest BCUT2D eigenvalue weighted by molar-refractivity contribution is -0.124. The minimum Gasteiger partial charge on any atom is -0.390 e. The van der Waals surface area contributed by atoms with Crippen LogP contribution in [0.1, 0.15) is 32.8 Å². The molecule has 0 radical (unpaired) electrons. The zero-order chi connectivity index (χ0) is 13.7. The van der Waals surface area contributed by atoms with Gasteiger partial charge in [0, 0.05) is 17.8 Å². The summed E-state index contributed by atoms with van der Waals surface area (Å²) in [5, 5.41) is 10.6. The van der Waals surface area contributed by atoms with Gasteiger partial charge in [0.25, 0.3) is 0 Å². The van der Waals surface area contributed by atoms with E-state index in [9.17, 15) is 9.90 Å². The van der Waals surface area contributed by atoms with E-state index in [1.807, 2.05) is 19.1 Å². The van der Waals surface area contributed by atoms with Gasteiger partial charge in [-0.05, 0) is 51.0 Å². The number of carbonyl (C=O) groups excluding carboxylic acids is 1. The van der Waals surface area contributed by atoms with Crippen molar-refractivity contribution < 1.29 is 9.90 Å². The minimum atomic E-state index is -0.908. The monoisotopic (exact) mass is 267 g/mol. The topological polar surface area (TPSA) is 40.5 Å². The highest BCUT2D eigenvalue weighted by Crippen LogP contribution is 2.46. The molecule has 98 valence electrons. The van der Waals surface area contributed by atoms with E-state index >= 15 is 0 Å². The number of likely N-dealkylation sites (N-methyl/N-ethyl adjacent to an activating group) is 1. The van der Waals surface area contributed by atoms with E-state index in [1.165, 1.54) is 0 Å². The smallest absolute Gasteiger partial charge is 0.237 e. The molecule has 1 aliphatic heterocycles. The molecule has 0 aliphatic carbocycles. The van der Waals surface area contributed by atoms with Gasteiger partial charge >= 0.3 is 0 Å². The van der Waals surface area contributed by atoms with Gasteiger partial charge in [-0.2, -0.15) is 0 Å². The Labute approximate surface area is 112 Å². The third kappa shape index (κ3) is 2.02. The summed E-state index contributed by atoms with van der Waals surface area (Å²) in [6.07, 6.45) is 0.372. The van der Waals surface area contributed by atoms with Crippen LogP contribution in [0, 0.1) is 0 Å². The van der Waals surface area contributed by atoms with Crippen LogP contribution in [0.4, 0.5) is 5.69 Å². The molecule has 1 heterocycles. The molecule has 1 aliphatic rings. The largest absolute Gasteiger partial charge is 0.390 e. The van der Waals surface area contributed by atoms with Gasteiger partial charge in [0.15, 0.2) is 0 Å². The molecule has 1 aromatic carbocycles. The third-order valence-corrected chi connectivity index (χ3v) is 3.71. The Kier molecular flexibility index (Phi) is 2.95. The van der Waals surface area contributed by atoms with Crippen LogP contribution in [0.15, 0.2) is 18.2 Å². The van der Waals surface area contributed by atoms with Crippen molar-refractivity contribution in [2.24, 2.45) is 0 Å². The number of carbonyl (C=O) groups is 1. The zero-order valence-corrected chi connectivity index (χ0v) is 11.9. The Balaban J connectivity index is 2.57. The molecule has 0 saturated carbocycles. The Hall–Kier alpha value is -1.06. The number of hydrogen-bond acceptors (Lipinski definition) is 2. The lowest BCUT2D eigenvalue weighted by atomic mass is 9.75. The second-order valence-electron chi connectivity index (χ2n) is 5.85. The Morgan fingerprint density at radius 1 is 1.44 bits per heavy atom. The normalized spacial score (nSPS) is 23.4. The van der Waals surface area contributed by atoms with Crippen molar-refractivity contribution in [1.82, 2.24) is 0 Å². The van der Waals surface area contributed by atoms with E-state index in [0.717, 1.165) is 11.3 Å². The highest BCUT2D eigenvalue weighted by Gasteiger charge is 2.48. The summed E-state index contributed by atoms with van der Waals surface area (Å²) in [7, 11) is 1.75. The summed E-state index contributed by atoms with van der Waals surface area (Å²) in [6.45, 7) is 5.30. The van der Waals surface area contributed by atoms with Gasteiger partial charge in [0.2, 0.25) is 5.91 Å². The van der Waals surface area contributed by atoms with E-state index in [4.69, 9.17) is 11.6 Å². The predicted octanol–water partition coefficient (Wildman–Crippen LogP) is 2.74. The van der Waals surface area contributed by atoms with Crippen molar-refractivity contribution >= 4 is 23.2 Å². The third-order valence-electron chi connectivity index (χ3n) is 3.48. The average molecular weight is 268 g/mol. The van der Waals surface area contributed by atoms with Gasteiger partial charge < -0.3 is 10.0 Å².